The van der Waals surface area contributed by atoms with E-state index in [1.54, 1.807) is 6.08 Å². The SMILES string of the molecule is Cc1cccc(Cn2cc(/C=C3/SC(=O)N(CC(=O)Nc4cccc(F)c4)C3=O)c3ccccc32)c1. The molecule has 0 radical (unpaired) electrons. The fourth-order valence-corrected chi connectivity index (χ4v) is 5.05. The van der Waals surface area contributed by atoms with Gasteiger partial charge >= 0.3 is 0 Å². The van der Waals surface area contributed by atoms with Crippen LogP contribution in [0.3, 0.4) is 0 Å². The molecule has 0 aliphatic carbocycles. The maximum Gasteiger partial charge on any atom is 0.294 e. The lowest BCUT2D eigenvalue weighted by Crippen LogP contribution is -2.36. The van der Waals surface area contributed by atoms with Crippen LogP contribution in [0.1, 0.15) is 16.7 Å². The quantitative estimate of drug-likeness (QED) is 0.340. The van der Waals surface area contributed by atoms with E-state index in [0.29, 0.717) is 6.54 Å². The second-order valence-corrected chi connectivity index (χ2v) is 9.54. The minimum atomic E-state index is -0.584. The Morgan fingerprint density at radius 3 is 2.64 bits per heavy atom. The maximum absolute atomic E-state index is 13.4. The number of aromatic nitrogens is 1. The number of fused-ring (bicyclic) bond motifs is 1. The van der Waals surface area contributed by atoms with Gasteiger partial charge in [-0.15, -0.1) is 0 Å². The van der Waals surface area contributed by atoms with E-state index < -0.39 is 29.4 Å². The predicted octanol–water partition coefficient (Wildman–Crippen LogP) is 5.81. The van der Waals surface area contributed by atoms with Crippen molar-refractivity contribution in [2.45, 2.75) is 13.5 Å². The number of thioether (sulfide) groups is 1. The molecule has 36 heavy (non-hydrogen) atoms. The zero-order valence-corrected chi connectivity index (χ0v) is 20.2. The minimum Gasteiger partial charge on any atom is -0.342 e. The molecule has 6 nitrogen and oxygen atoms in total. The number of hydrogen-bond donors (Lipinski definition) is 1. The van der Waals surface area contributed by atoms with Gasteiger partial charge in [0, 0.05) is 34.9 Å². The molecule has 0 atom stereocenters. The van der Waals surface area contributed by atoms with E-state index in [4.69, 9.17) is 0 Å². The van der Waals surface area contributed by atoms with Gasteiger partial charge in [-0.3, -0.25) is 19.3 Å². The number of anilines is 1. The Morgan fingerprint density at radius 2 is 1.83 bits per heavy atom. The molecule has 180 valence electrons. The van der Waals surface area contributed by atoms with Crippen molar-refractivity contribution in [2.75, 3.05) is 11.9 Å². The van der Waals surface area contributed by atoms with Crippen LogP contribution in [-0.4, -0.2) is 33.1 Å². The third-order valence-electron chi connectivity index (χ3n) is 5.83. The Morgan fingerprint density at radius 1 is 1.03 bits per heavy atom. The third kappa shape index (κ3) is 4.94. The summed E-state index contributed by atoms with van der Waals surface area (Å²) in [5.74, 6) is -1.61. The lowest BCUT2D eigenvalue weighted by atomic mass is 10.1. The summed E-state index contributed by atoms with van der Waals surface area (Å²) in [4.78, 5) is 39.1. The van der Waals surface area contributed by atoms with E-state index >= 15 is 0 Å². The number of nitrogens with zero attached hydrogens (tertiary/aromatic N) is 2. The molecule has 1 saturated heterocycles. The normalized spacial score (nSPS) is 14.7. The average molecular weight is 500 g/mol. The molecule has 1 N–H and O–H groups in total. The van der Waals surface area contributed by atoms with Crippen LogP contribution in [-0.2, 0) is 16.1 Å². The Balaban J connectivity index is 1.38. The molecule has 5 rings (SSSR count). The summed E-state index contributed by atoms with van der Waals surface area (Å²) in [5, 5.41) is 2.95. The van der Waals surface area contributed by atoms with Gasteiger partial charge in [0.2, 0.25) is 5.91 Å². The van der Waals surface area contributed by atoms with Crippen LogP contribution in [0.4, 0.5) is 14.9 Å². The standard InChI is InChI=1S/C28H22FN3O3S/c1-18-6-4-7-19(12-18)15-31-16-20(23-10-2-3-11-24(23)31)13-25-27(34)32(28(35)36-25)17-26(33)30-22-9-5-8-21(29)14-22/h2-14,16H,15,17H2,1H3,(H,30,33)/b25-13+. The van der Waals surface area contributed by atoms with E-state index in [1.165, 1.54) is 23.8 Å². The largest absolute Gasteiger partial charge is 0.342 e. The lowest BCUT2D eigenvalue weighted by molar-refractivity contribution is -0.127. The van der Waals surface area contributed by atoms with Crippen molar-refractivity contribution in [1.29, 1.82) is 0 Å². The van der Waals surface area contributed by atoms with Gasteiger partial charge in [-0.05, 0) is 54.6 Å². The van der Waals surface area contributed by atoms with Gasteiger partial charge in [0.15, 0.2) is 0 Å². The van der Waals surface area contributed by atoms with E-state index in [-0.39, 0.29) is 10.6 Å². The zero-order chi connectivity index (χ0) is 25.2. The number of nitrogens with one attached hydrogen (secondary N) is 1. The summed E-state index contributed by atoms with van der Waals surface area (Å²) in [5.41, 5.74) is 4.42. The highest BCUT2D eigenvalue weighted by Gasteiger charge is 2.36. The van der Waals surface area contributed by atoms with Crippen LogP contribution in [0.15, 0.2) is 83.9 Å². The molecule has 1 aromatic heterocycles. The number of imide groups is 1. The smallest absolute Gasteiger partial charge is 0.294 e. The summed E-state index contributed by atoms with van der Waals surface area (Å²) >= 11 is 0.800. The zero-order valence-electron chi connectivity index (χ0n) is 19.4. The molecule has 0 bridgehead atoms. The molecule has 3 aromatic carbocycles. The first-order valence-electron chi connectivity index (χ1n) is 11.3. The molecule has 1 aliphatic rings. The fourth-order valence-electron chi connectivity index (χ4n) is 4.22. The van der Waals surface area contributed by atoms with Crippen LogP contribution >= 0.6 is 11.8 Å². The van der Waals surface area contributed by atoms with Crippen molar-refractivity contribution in [3.8, 4) is 0 Å². The number of aryl methyl sites for hydroxylation is 1. The Kier molecular flexibility index (Phi) is 6.43. The second kappa shape index (κ2) is 9.83. The van der Waals surface area contributed by atoms with E-state index in [1.807, 2.05) is 36.5 Å². The highest BCUT2D eigenvalue weighted by atomic mass is 32.2. The molecule has 1 fully saturated rings. The van der Waals surface area contributed by atoms with Crippen molar-refractivity contribution in [2.24, 2.45) is 0 Å². The van der Waals surface area contributed by atoms with Gasteiger partial charge in [0.25, 0.3) is 11.1 Å². The highest BCUT2D eigenvalue weighted by molar-refractivity contribution is 8.18. The number of carbonyl (C=O) groups is 3. The Bertz CT molecular complexity index is 1540. The van der Waals surface area contributed by atoms with Crippen LogP contribution in [0, 0.1) is 12.7 Å². The number of carbonyl (C=O) groups excluding carboxylic acids is 3. The number of amides is 3. The molecular formula is C28H22FN3O3S. The van der Waals surface area contributed by atoms with Crippen molar-refractivity contribution >= 4 is 51.5 Å². The topological polar surface area (TPSA) is 71.4 Å². The summed E-state index contributed by atoms with van der Waals surface area (Å²) in [7, 11) is 0. The van der Waals surface area contributed by atoms with Gasteiger partial charge in [-0.25, -0.2) is 4.39 Å². The van der Waals surface area contributed by atoms with Crippen LogP contribution in [0.25, 0.3) is 17.0 Å². The summed E-state index contributed by atoms with van der Waals surface area (Å²) in [6, 6.07) is 21.6. The monoisotopic (exact) mass is 499 g/mol. The van der Waals surface area contributed by atoms with Gasteiger partial charge in [-0.1, -0.05) is 54.1 Å². The number of para-hydroxylation sites is 1. The molecule has 1 aliphatic heterocycles. The molecule has 0 unspecified atom stereocenters. The van der Waals surface area contributed by atoms with Crippen molar-refractivity contribution < 1.29 is 18.8 Å². The van der Waals surface area contributed by atoms with Crippen LogP contribution < -0.4 is 5.32 Å². The summed E-state index contributed by atoms with van der Waals surface area (Å²) in [6.45, 7) is 2.27. The predicted molar refractivity (Wildman–Crippen MR) is 140 cm³/mol. The average Bonchev–Trinajstić information content (AvgIpc) is 3.31. The minimum absolute atomic E-state index is 0.247. The molecule has 0 spiro atoms. The van der Waals surface area contributed by atoms with Crippen molar-refractivity contribution in [3.05, 3.63) is 106 Å². The van der Waals surface area contributed by atoms with Crippen LogP contribution in [0.5, 0.6) is 0 Å². The number of benzene rings is 3. The highest BCUT2D eigenvalue weighted by Crippen LogP contribution is 2.34. The number of hydrogen-bond acceptors (Lipinski definition) is 4. The first kappa shape index (κ1) is 23.6. The third-order valence-corrected chi connectivity index (χ3v) is 6.73. The molecule has 2 heterocycles. The van der Waals surface area contributed by atoms with Crippen molar-refractivity contribution in [3.63, 3.8) is 0 Å². The molecule has 0 saturated carbocycles. The van der Waals surface area contributed by atoms with E-state index in [0.717, 1.165) is 44.8 Å². The second-order valence-electron chi connectivity index (χ2n) is 8.54. The van der Waals surface area contributed by atoms with Gasteiger partial charge in [0.1, 0.15) is 12.4 Å². The van der Waals surface area contributed by atoms with E-state index in [9.17, 15) is 18.8 Å². The molecular weight excluding hydrogens is 477 g/mol. The molecule has 4 aromatic rings. The maximum atomic E-state index is 13.4. The van der Waals surface area contributed by atoms with Crippen LogP contribution in [0.2, 0.25) is 0 Å². The Hall–Kier alpha value is -4.17. The summed E-state index contributed by atoms with van der Waals surface area (Å²) in [6.07, 6.45) is 3.67. The number of rotatable bonds is 6. The first-order chi connectivity index (χ1) is 17.4. The van der Waals surface area contributed by atoms with Gasteiger partial charge in [0.05, 0.1) is 4.91 Å². The van der Waals surface area contributed by atoms with Crippen molar-refractivity contribution in [1.82, 2.24) is 9.47 Å². The molecule has 8 heteroatoms. The number of halogens is 1. The summed E-state index contributed by atoms with van der Waals surface area (Å²) < 4.78 is 15.5. The van der Waals surface area contributed by atoms with E-state index in [2.05, 4.69) is 35.0 Å². The van der Waals surface area contributed by atoms with Gasteiger partial charge in [-0.2, -0.15) is 0 Å². The first-order valence-corrected chi connectivity index (χ1v) is 12.1. The lowest BCUT2D eigenvalue weighted by Gasteiger charge is -2.12. The Labute approximate surface area is 211 Å². The fraction of sp³-hybridized carbons (Fsp3) is 0.107. The van der Waals surface area contributed by atoms with Gasteiger partial charge < -0.3 is 9.88 Å². The molecule has 3 amide bonds.